The highest BCUT2D eigenvalue weighted by molar-refractivity contribution is 5.94. The van der Waals surface area contributed by atoms with Crippen LogP contribution in [-0.2, 0) is 19.7 Å². The lowest BCUT2D eigenvalue weighted by Gasteiger charge is -2.41. The predicted octanol–water partition coefficient (Wildman–Crippen LogP) is 4.69. The molecule has 3 aromatic carbocycles. The van der Waals surface area contributed by atoms with Gasteiger partial charge in [-0.15, -0.1) is 0 Å². The maximum absolute atomic E-state index is 13.6. The molecular weight excluding hydrogens is 464 g/mol. The van der Waals surface area contributed by atoms with Crippen LogP contribution in [0.3, 0.4) is 0 Å². The minimum atomic E-state index is -0.940. The number of nitrogens with one attached hydrogen (secondary N) is 1. The standard InChI is InChI=1S/C31H34N2O4/c1-3-37-30(36)31(24-15-8-5-9-16-24)20-19-26(25-17-10-11-18-27(25)31)29(35)33(2)22-12-21-32-28(34)23-13-6-4-7-14-23/h4-11,13-18,26H,3,12,19-22H2,1-2H3,(H,32,34)/t26-,31?/m1/s1. The molecule has 1 N–H and O–H groups in total. The van der Waals surface area contributed by atoms with E-state index in [9.17, 15) is 14.4 Å². The molecule has 2 atom stereocenters. The van der Waals surface area contributed by atoms with Crippen LogP contribution in [0.2, 0.25) is 0 Å². The highest BCUT2D eigenvalue weighted by atomic mass is 16.5. The van der Waals surface area contributed by atoms with Gasteiger partial charge in [0, 0.05) is 25.7 Å². The van der Waals surface area contributed by atoms with E-state index < -0.39 is 5.41 Å². The minimum Gasteiger partial charge on any atom is -0.465 e. The lowest BCUT2D eigenvalue weighted by Crippen LogP contribution is -2.45. The maximum Gasteiger partial charge on any atom is 0.321 e. The van der Waals surface area contributed by atoms with Gasteiger partial charge in [-0.25, -0.2) is 0 Å². The van der Waals surface area contributed by atoms with E-state index in [-0.39, 0.29) is 23.7 Å². The molecule has 0 saturated carbocycles. The van der Waals surface area contributed by atoms with Crippen LogP contribution in [0.5, 0.6) is 0 Å². The van der Waals surface area contributed by atoms with Crippen molar-refractivity contribution in [2.45, 2.75) is 37.5 Å². The first kappa shape index (κ1) is 26.1. The molecule has 0 bridgehead atoms. The van der Waals surface area contributed by atoms with Crippen molar-refractivity contribution in [2.75, 3.05) is 26.7 Å². The molecule has 2 amide bonds. The smallest absolute Gasteiger partial charge is 0.321 e. The molecular formula is C31H34N2O4. The third kappa shape index (κ3) is 5.43. The summed E-state index contributed by atoms with van der Waals surface area (Å²) in [7, 11) is 1.80. The van der Waals surface area contributed by atoms with E-state index in [2.05, 4.69) is 5.32 Å². The summed E-state index contributed by atoms with van der Waals surface area (Å²) in [5, 5.41) is 2.91. The number of fused-ring (bicyclic) bond motifs is 1. The van der Waals surface area contributed by atoms with Crippen LogP contribution < -0.4 is 5.32 Å². The van der Waals surface area contributed by atoms with Gasteiger partial charge in [0.2, 0.25) is 5.91 Å². The molecule has 0 aliphatic heterocycles. The molecule has 0 radical (unpaired) electrons. The number of likely N-dealkylation sites (N-methyl/N-ethyl adjacent to an activating group) is 1. The minimum absolute atomic E-state index is 0.0207. The van der Waals surface area contributed by atoms with Gasteiger partial charge in [-0.05, 0) is 55.0 Å². The van der Waals surface area contributed by atoms with Gasteiger partial charge in [-0.3, -0.25) is 14.4 Å². The van der Waals surface area contributed by atoms with Gasteiger partial charge in [-0.2, -0.15) is 0 Å². The quantitative estimate of drug-likeness (QED) is 0.343. The second-order valence-electron chi connectivity index (χ2n) is 9.41. The Hall–Kier alpha value is -3.93. The van der Waals surface area contributed by atoms with Gasteiger partial charge in [0.15, 0.2) is 0 Å². The van der Waals surface area contributed by atoms with E-state index >= 15 is 0 Å². The maximum atomic E-state index is 13.6. The first-order valence-corrected chi connectivity index (χ1v) is 12.9. The summed E-state index contributed by atoms with van der Waals surface area (Å²) < 4.78 is 5.59. The molecule has 1 aliphatic rings. The van der Waals surface area contributed by atoms with Gasteiger partial charge in [0.25, 0.3) is 5.91 Å². The normalized spacial score (nSPS) is 18.4. The topological polar surface area (TPSA) is 75.7 Å². The Kier molecular flexibility index (Phi) is 8.39. The van der Waals surface area contributed by atoms with Crippen LogP contribution in [0.4, 0.5) is 0 Å². The van der Waals surface area contributed by atoms with Gasteiger partial charge < -0.3 is 15.0 Å². The zero-order chi connectivity index (χ0) is 26.3. The fraction of sp³-hybridized carbons (Fsp3) is 0.323. The van der Waals surface area contributed by atoms with Gasteiger partial charge in [-0.1, -0.05) is 72.8 Å². The summed E-state index contributed by atoms with van der Waals surface area (Å²) in [6, 6.07) is 26.6. The third-order valence-corrected chi connectivity index (χ3v) is 7.16. The lowest BCUT2D eigenvalue weighted by molar-refractivity contribution is -0.149. The average molecular weight is 499 g/mol. The number of benzene rings is 3. The number of carbonyl (C=O) groups excluding carboxylic acids is 3. The second kappa shape index (κ2) is 11.9. The van der Waals surface area contributed by atoms with Crippen molar-refractivity contribution in [2.24, 2.45) is 0 Å². The molecule has 0 heterocycles. The largest absolute Gasteiger partial charge is 0.465 e. The number of hydrogen-bond acceptors (Lipinski definition) is 4. The van der Waals surface area contributed by atoms with Crippen LogP contribution in [0, 0.1) is 0 Å². The molecule has 1 unspecified atom stereocenters. The first-order valence-electron chi connectivity index (χ1n) is 12.9. The van der Waals surface area contributed by atoms with Gasteiger partial charge >= 0.3 is 5.97 Å². The second-order valence-corrected chi connectivity index (χ2v) is 9.41. The number of nitrogens with zero attached hydrogens (tertiary/aromatic N) is 1. The van der Waals surface area contributed by atoms with Crippen LogP contribution in [0.15, 0.2) is 84.9 Å². The molecule has 0 fully saturated rings. The summed E-state index contributed by atoms with van der Waals surface area (Å²) in [6.07, 6.45) is 1.68. The van der Waals surface area contributed by atoms with Crippen molar-refractivity contribution in [3.8, 4) is 0 Å². The highest BCUT2D eigenvalue weighted by Crippen LogP contribution is 2.48. The molecule has 4 rings (SSSR count). The average Bonchev–Trinajstić information content (AvgIpc) is 2.95. The van der Waals surface area contributed by atoms with Crippen molar-refractivity contribution in [3.63, 3.8) is 0 Å². The number of esters is 1. The van der Waals surface area contributed by atoms with Gasteiger partial charge in [0.05, 0.1) is 12.5 Å². The fourth-order valence-corrected chi connectivity index (χ4v) is 5.29. The van der Waals surface area contributed by atoms with Crippen molar-refractivity contribution in [1.29, 1.82) is 0 Å². The van der Waals surface area contributed by atoms with E-state index in [4.69, 9.17) is 4.74 Å². The molecule has 6 heteroatoms. The third-order valence-electron chi connectivity index (χ3n) is 7.16. The van der Waals surface area contributed by atoms with Crippen molar-refractivity contribution >= 4 is 17.8 Å². The molecule has 0 spiro atoms. The van der Waals surface area contributed by atoms with E-state index in [0.29, 0.717) is 44.5 Å². The molecule has 0 saturated heterocycles. The summed E-state index contributed by atoms with van der Waals surface area (Å²) in [4.78, 5) is 41.0. The Balaban J connectivity index is 1.49. The van der Waals surface area contributed by atoms with Crippen molar-refractivity contribution < 1.29 is 19.1 Å². The first-order chi connectivity index (χ1) is 18.0. The van der Waals surface area contributed by atoms with Crippen LogP contribution >= 0.6 is 0 Å². The number of rotatable bonds is 9. The van der Waals surface area contributed by atoms with E-state index in [1.54, 1.807) is 24.1 Å². The molecule has 3 aromatic rings. The van der Waals surface area contributed by atoms with E-state index in [1.807, 2.05) is 79.7 Å². The van der Waals surface area contributed by atoms with Crippen LogP contribution in [-0.4, -0.2) is 49.4 Å². The van der Waals surface area contributed by atoms with Crippen molar-refractivity contribution in [1.82, 2.24) is 10.2 Å². The molecule has 37 heavy (non-hydrogen) atoms. The Morgan fingerprint density at radius 3 is 2.30 bits per heavy atom. The summed E-state index contributed by atoms with van der Waals surface area (Å²) in [5.41, 5.74) is 2.28. The number of carbonyl (C=O) groups is 3. The molecule has 1 aliphatic carbocycles. The Bertz CT molecular complexity index is 1230. The van der Waals surface area contributed by atoms with Gasteiger partial charge in [0.1, 0.15) is 5.41 Å². The van der Waals surface area contributed by atoms with Crippen molar-refractivity contribution in [3.05, 3.63) is 107 Å². The molecule has 6 nitrogen and oxygen atoms in total. The lowest BCUT2D eigenvalue weighted by atomic mass is 9.63. The number of hydrogen-bond donors (Lipinski definition) is 1. The van der Waals surface area contributed by atoms with E-state index in [1.165, 1.54) is 0 Å². The fourth-order valence-electron chi connectivity index (χ4n) is 5.29. The summed E-state index contributed by atoms with van der Waals surface area (Å²) in [5.74, 6) is -0.715. The predicted molar refractivity (Wildman–Crippen MR) is 143 cm³/mol. The Morgan fingerprint density at radius 1 is 0.946 bits per heavy atom. The molecule has 192 valence electrons. The van der Waals surface area contributed by atoms with Crippen LogP contribution in [0.1, 0.15) is 59.2 Å². The Morgan fingerprint density at radius 2 is 1.59 bits per heavy atom. The van der Waals surface area contributed by atoms with E-state index in [0.717, 1.165) is 16.7 Å². The molecule has 0 aromatic heterocycles. The zero-order valence-electron chi connectivity index (χ0n) is 21.5. The zero-order valence-corrected chi connectivity index (χ0v) is 21.5. The number of amides is 2. The summed E-state index contributed by atoms with van der Waals surface area (Å²) >= 11 is 0. The SMILES string of the molecule is CCOC(=O)C1(c2ccccc2)CC[C@@H](C(=O)N(C)CCCNC(=O)c2ccccc2)c2ccccc21. The summed E-state index contributed by atoms with van der Waals surface area (Å²) in [6.45, 7) is 3.11. The highest BCUT2D eigenvalue weighted by Gasteiger charge is 2.49. The Labute approximate surface area is 218 Å². The monoisotopic (exact) mass is 498 g/mol. The van der Waals surface area contributed by atoms with Crippen LogP contribution in [0.25, 0.3) is 0 Å². The number of ether oxygens (including phenoxy) is 1.